The summed E-state index contributed by atoms with van der Waals surface area (Å²) in [5.74, 6) is -0.479. The van der Waals surface area contributed by atoms with E-state index in [0.717, 1.165) is 18.9 Å². The lowest BCUT2D eigenvalue weighted by molar-refractivity contribution is -0.142. The van der Waals surface area contributed by atoms with Crippen molar-refractivity contribution < 1.29 is 14.3 Å². The van der Waals surface area contributed by atoms with E-state index in [9.17, 15) is 9.59 Å². The molecule has 4 heteroatoms. The Hall–Kier alpha value is -1.41. The summed E-state index contributed by atoms with van der Waals surface area (Å²) < 4.78 is 4.97. The Morgan fingerprint density at radius 3 is 2.93 bits per heavy atom. The summed E-state index contributed by atoms with van der Waals surface area (Å²) in [4.78, 5) is 24.1. The number of rotatable bonds is 7. The highest BCUT2D eigenvalue weighted by Crippen LogP contribution is 2.05. The number of aliphatic imine (C=N–C) groups is 1. The van der Waals surface area contributed by atoms with E-state index in [1.807, 2.05) is 6.92 Å². The molecule has 0 saturated carbocycles. The SMILES string of the molecule is C=CC(=O)OC(CCCC)CN=C=O. The van der Waals surface area contributed by atoms with Gasteiger partial charge < -0.3 is 4.74 Å². The molecular formula is C10H15NO3. The van der Waals surface area contributed by atoms with E-state index in [-0.39, 0.29) is 12.6 Å². The van der Waals surface area contributed by atoms with Crippen LogP contribution >= 0.6 is 0 Å². The van der Waals surface area contributed by atoms with Crippen LogP contribution in [-0.4, -0.2) is 24.7 Å². The van der Waals surface area contributed by atoms with Gasteiger partial charge in [-0.2, -0.15) is 0 Å². The number of hydrogen-bond donors (Lipinski definition) is 0. The molecule has 78 valence electrons. The van der Waals surface area contributed by atoms with Gasteiger partial charge in [-0.3, -0.25) is 0 Å². The van der Waals surface area contributed by atoms with Crippen LogP contribution < -0.4 is 0 Å². The molecule has 0 N–H and O–H groups in total. The molecular weight excluding hydrogens is 182 g/mol. The van der Waals surface area contributed by atoms with E-state index in [2.05, 4.69) is 11.6 Å². The normalized spacial score (nSPS) is 11.2. The van der Waals surface area contributed by atoms with Gasteiger partial charge in [0.15, 0.2) is 0 Å². The standard InChI is InChI=1S/C10H15NO3/c1-3-5-6-9(7-11-8-12)14-10(13)4-2/h4,9H,2-3,5-7H2,1H3. The lowest BCUT2D eigenvalue weighted by Gasteiger charge is -2.13. The first-order chi connectivity index (χ1) is 6.74. The number of isocyanates is 1. The summed E-state index contributed by atoms with van der Waals surface area (Å²) in [6, 6.07) is 0. The third kappa shape index (κ3) is 6.14. The number of carbonyl (C=O) groups is 1. The molecule has 0 heterocycles. The van der Waals surface area contributed by atoms with Crippen molar-refractivity contribution in [3.63, 3.8) is 0 Å². The lowest BCUT2D eigenvalue weighted by Crippen LogP contribution is -2.19. The molecule has 1 unspecified atom stereocenters. The molecule has 0 rings (SSSR count). The lowest BCUT2D eigenvalue weighted by atomic mass is 10.1. The molecule has 0 aromatic heterocycles. The molecule has 4 nitrogen and oxygen atoms in total. The van der Waals surface area contributed by atoms with Crippen molar-refractivity contribution >= 4 is 12.0 Å². The highest BCUT2D eigenvalue weighted by Gasteiger charge is 2.11. The number of hydrogen-bond acceptors (Lipinski definition) is 4. The Labute approximate surface area is 83.7 Å². The average molecular weight is 197 g/mol. The zero-order chi connectivity index (χ0) is 10.8. The van der Waals surface area contributed by atoms with E-state index >= 15 is 0 Å². The van der Waals surface area contributed by atoms with Crippen LogP contribution in [0.5, 0.6) is 0 Å². The van der Waals surface area contributed by atoms with Crippen molar-refractivity contribution in [3.05, 3.63) is 12.7 Å². The van der Waals surface area contributed by atoms with Crippen molar-refractivity contribution in [2.24, 2.45) is 4.99 Å². The van der Waals surface area contributed by atoms with Gasteiger partial charge in [0.1, 0.15) is 6.10 Å². The Bertz CT molecular complexity index is 232. The fourth-order valence-electron chi connectivity index (χ4n) is 0.971. The molecule has 0 aliphatic carbocycles. The largest absolute Gasteiger partial charge is 0.457 e. The fraction of sp³-hybridized carbons (Fsp3) is 0.600. The average Bonchev–Trinajstić information content (AvgIpc) is 2.21. The Kier molecular flexibility index (Phi) is 7.37. The maximum absolute atomic E-state index is 10.9. The minimum atomic E-state index is -0.479. The summed E-state index contributed by atoms with van der Waals surface area (Å²) in [5.41, 5.74) is 0. The first-order valence-electron chi connectivity index (χ1n) is 4.61. The zero-order valence-corrected chi connectivity index (χ0v) is 8.36. The van der Waals surface area contributed by atoms with Crippen molar-refractivity contribution in [2.75, 3.05) is 6.54 Å². The minimum absolute atomic E-state index is 0.184. The van der Waals surface area contributed by atoms with Gasteiger partial charge in [-0.05, 0) is 12.8 Å². The molecule has 0 aromatic carbocycles. The zero-order valence-electron chi connectivity index (χ0n) is 8.36. The summed E-state index contributed by atoms with van der Waals surface area (Å²) in [5, 5.41) is 0. The topological polar surface area (TPSA) is 55.7 Å². The van der Waals surface area contributed by atoms with Crippen LogP contribution in [0.4, 0.5) is 0 Å². The summed E-state index contributed by atoms with van der Waals surface area (Å²) in [6.45, 7) is 5.51. The molecule has 14 heavy (non-hydrogen) atoms. The summed E-state index contributed by atoms with van der Waals surface area (Å²) in [6.07, 6.45) is 4.84. The molecule has 0 radical (unpaired) electrons. The predicted molar refractivity (Wildman–Crippen MR) is 52.6 cm³/mol. The Balaban J connectivity index is 4.01. The first-order valence-corrected chi connectivity index (χ1v) is 4.61. The van der Waals surface area contributed by atoms with E-state index < -0.39 is 5.97 Å². The molecule has 0 saturated heterocycles. The van der Waals surface area contributed by atoms with Gasteiger partial charge >= 0.3 is 5.97 Å². The van der Waals surface area contributed by atoms with Crippen LogP contribution in [0.25, 0.3) is 0 Å². The Morgan fingerprint density at radius 1 is 1.71 bits per heavy atom. The maximum atomic E-state index is 10.9. The van der Waals surface area contributed by atoms with Crippen molar-refractivity contribution in [1.29, 1.82) is 0 Å². The second-order valence-corrected chi connectivity index (χ2v) is 2.84. The summed E-state index contributed by atoms with van der Waals surface area (Å²) in [7, 11) is 0. The second-order valence-electron chi connectivity index (χ2n) is 2.84. The second kappa shape index (κ2) is 8.20. The summed E-state index contributed by atoms with van der Waals surface area (Å²) >= 11 is 0. The van der Waals surface area contributed by atoms with Crippen LogP contribution in [0, 0.1) is 0 Å². The van der Waals surface area contributed by atoms with Crippen molar-refractivity contribution in [1.82, 2.24) is 0 Å². The van der Waals surface area contributed by atoms with Gasteiger partial charge in [0.25, 0.3) is 0 Å². The van der Waals surface area contributed by atoms with E-state index in [1.165, 1.54) is 6.08 Å². The van der Waals surface area contributed by atoms with Crippen LogP contribution in [0.15, 0.2) is 17.6 Å². The smallest absolute Gasteiger partial charge is 0.330 e. The predicted octanol–water partition coefficient (Wildman–Crippen LogP) is 1.61. The quantitative estimate of drug-likeness (QED) is 0.269. The van der Waals surface area contributed by atoms with Crippen molar-refractivity contribution in [2.45, 2.75) is 32.3 Å². The molecule has 0 aromatic rings. The maximum Gasteiger partial charge on any atom is 0.330 e. The molecule has 0 fully saturated rings. The molecule has 0 bridgehead atoms. The van der Waals surface area contributed by atoms with E-state index in [1.54, 1.807) is 0 Å². The first kappa shape index (κ1) is 12.6. The third-order valence-electron chi connectivity index (χ3n) is 1.69. The number of nitrogens with zero attached hydrogens (tertiary/aromatic N) is 1. The number of unbranched alkanes of at least 4 members (excludes halogenated alkanes) is 1. The van der Waals surface area contributed by atoms with Crippen LogP contribution in [0.1, 0.15) is 26.2 Å². The van der Waals surface area contributed by atoms with Gasteiger partial charge in [0, 0.05) is 6.08 Å². The molecule has 0 aliphatic rings. The Morgan fingerprint density at radius 2 is 2.43 bits per heavy atom. The monoisotopic (exact) mass is 197 g/mol. The number of ether oxygens (including phenoxy) is 1. The van der Waals surface area contributed by atoms with Gasteiger partial charge in [-0.1, -0.05) is 19.9 Å². The van der Waals surface area contributed by atoms with Gasteiger partial charge in [-0.25, -0.2) is 14.6 Å². The highest BCUT2D eigenvalue weighted by molar-refractivity contribution is 5.81. The number of carbonyl (C=O) groups excluding carboxylic acids is 2. The van der Waals surface area contributed by atoms with Crippen LogP contribution in [0.2, 0.25) is 0 Å². The number of esters is 1. The van der Waals surface area contributed by atoms with Gasteiger partial charge in [-0.15, -0.1) is 0 Å². The van der Waals surface area contributed by atoms with Gasteiger partial charge in [0.2, 0.25) is 6.08 Å². The molecule has 0 aliphatic heterocycles. The van der Waals surface area contributed by atoms with Crippen LogP contribution in [-0.2, 0) is 14.3 Å². The van der Waals surface area contributed by atoms with Crippen LogP contribution in [0.3, 0.4) is 0 Å². The third-order valence-corrected chi connectivity index (χ3v) is 1.69. The van der Waals surface area contributed by atoms with Crippen molar-refractivity contribution in [3.8, 4) is 0 Å². The van der Waals surface area contributed by atoms with E-state index in [4.69, 9.17) is 4.74 Å². The highest BCUT2D eigenvalue weighted by atomic mass is 16.5. The molecule has 0 spiro atoms. The molecule has 0 amide bonds. The van der Waals surface area contributed by atoms with Gasteiger partial charge in [0.05, 0.1) is 6.54 Å². The fourth-order valence-corrected chi connectivity index (χ4v) is 0.971. The molecule has 1 atom stereocenters. The minimum Gasteiger partial charge on any atom is -0.457 e. The van der Waals surface area contributed by atoms with E-state index in [0.29, 0.717) is 6.42 Å².